The van der Waals surface area contributed by atoms with E-state index in [-0.39, 0.29) is 18.4 Å². The first-order valence-electron chi connectivity index (χ1n) is 8.58. The molecule has 1 fully saturated rings. The zero-order valence-electron chi connectivity index (χ0n) is 14.6. The summed E-state index contributed by atoms with van der Waals surface area (Å²) in [4.78, 5) is 18.6. The van der Waals surface area contributed by atoms with Crippen LogP contribution in [0.3, 0.4) is 0 Å². The Labute approximate surface area is 147 Å². The van der Waals surface area contributed by atoms with E-state index in [9.17, 15) is 4.79 Å². The highest BCUT2D eigenvalue weighted by Crippen LogP contribution is 2.14. The van der Waals surface area contributed by atoms with Gasteiger partial charge in [0.2, 0.25) is 11.8 Å². The minimum absolute atomic E-state index is 0.116. The van der Waals surface area contributed by atoms with E-state index in [4.69, 9.17) is 9.26 Å². The molecule has 0 spiro atoms. The van der Waals surface area contributed by atoms with E-state index < -0.39 is 0 Å². The lowest BCUT2D eigenvalue weighted by Gasteiger charge is -2.35. The molecule has 2 atom stereocenters. The third kappa shape index (κ3) is 5.11. The molecule has 134 valence electrons. The molecule has 0 aliphatic carbocycles. The third-order valence-corrected chi connectivity index (χ3v) is 4.24. The van der Waals surface area contributed by atoms with Crippen molar-refractivity contribution >= 4 is 5.91 Å². The molecule has 1 aromatic heterocycles. The number of hydrogen-bond donors (Lipinski definition) is 1. The number of hydrogen-bond acceptors (Lipinski definition) is 6. The Hall–Kier alpha value is -2.25. The quantitative estimate of drug-likeness (QED) is 0.856. The van der Waals surface area contributed by atoms with Crippen LogP contribution in [0.2, 0.25) is 0 Å². The molecule has 1 aliphatic heterocycles. The van der Waals surface area contributed by atoms with E-state index in [0.717, 1.165) is 12.1 Å². The second-order valence-electron chi connectivity index (χ2n) is 6.47. The van der Waals surface area contributed by atoms with E-state index in [2.05, 4.69) is 34.2 Å². The fourth-order valence-electron chi connectivity index (χ4n) is 2.79. The lowest BCUT2D eigenvalue weighted by Crippen LogP contribution is -2.46. The molecule has 0 unspecified atom stereocenters. The second-order valence-corrected chi connectivity index (χ2v) is 6.47. The van der Waals surface area contributed by atoms with Crippen LogP contribution in [0, 0.1) is 0 Å². The summed E-state index contributed by atoms with van der Waals surface area (Å²) in [5.41, 5.74) is 1.06. The van der Waals surface area contributed by atoms with Crippen molar-refractivity contribution in [3.63, 3.8) is 0 Å². The second kappa shape index (κ2) is 8.22. The van der Waals surface area contributed by atoms with Gasteiger partial charge in [-0.15, -0.1) is 0 Å². The van der Waals surface area contributed by atoms with Gasteiger partial charge in [-0.2, -0.15) is 4.98 Å². The Morgan fingerprint density at radius 2 is 2.12 bits per heavy atom. The van der Waals surface area contributed by atoms with Gasteiger partial charge in [-0.1, -0.05) is 35.5 Å². The molecule has 7 heteroatoms. The van der Waals surface area contributed by atoms with Crippen molar-refractivity contribution in [3.05, 3.63) is 47.6 Å². The molecular weight excluding hydrogens is 320 g/mol. The summed E-state index contributed by atoms with van der Waals surface area (Å²) in [5.74, 6) is 0.825. The summed E-state index contributed by atoms with van der Waals surface area (Å²) in [6, 6.07) is 10.1. The van der Waals surface area contributed by atoms with Gasteiger partial charge in [0.1, 0.15) is 0 Å². The summed E-state index contributed by atoms with van der Waals surface area (Å²) < 4.78 is 10.9. The van der Waals surface area contributed by atoms with Crippen LogP contribution in [0.4, 0.5) is 0 Å². The van der Waals surface area contributed by atoms with Crippen LogP contribution in [-0.2, 0) is 29.0 Å². The Bertz CT molecular complexity index is 689. The topological polar surface area (TPSA) is 80.5 Å². The fraction of sp³-hybridized carbons (Fsp3) is 0.500. The first kappa shape index (κ1) is 17.6. The predicted octanol–water partition coefficient (Wildman–Crippen LogP) is 1.54. The van der Waals surface area contributed by atoms with Crippen molar-refractivity contribution < 1.29 is 14.1 Å². The van der Waals surface area contributed by atoms with Crippen LogP contribution in [0.1, 0.15) is 31.1 Å². The highest BCUT2D eigenvalue weighted by atomic mass is 16.5. The molecule has 0 bridgehead atoms. The molecule has 1 N–H and O–H groups in total. The zero-order valence-corrected chi connectivity index (χ0v) is 14.6. The minimum atomic E-state index is -0.121. The molecule has 1 saturated heterocycles. The number of carbonyl (C=O) groups is 1. The summed E-state index contributed by atoms with van der Waals surface area (Å²) >= 11 is 0. The molecule has 0 saturated carbocycles. The SMILES string of the molecule is C[C@@H]1CO[C@@H](C)CN1Cc1nc(CC(=O)NCc2ccccc2)no1. The maximum absolute atomic E-state index is 12.0. The van der Waals surface area contributed by atoms with Gasteiger partial charge in [-0.3, -0.25) is 9.69 Å². The molecule has 1 aromatic carbocycles. The summed E-state index contributed by atoms with van der Waals surface area (Å²) in [7, 11) is 0. The van der Waals surface area contributed by atoms with Gasteiger partial charge in [-0.05, 0) is 19.4 Å². The van der Waals surface area contributed by atoms with Crippen molar-refractivity contribution in [3.8, 4) is 0 Å². The molecule has 2 heterocycles. The number of carbonyl (C=O) groups excluding carboxylic acids is 1. The Balaban J connectivity index is 1.48. The van der Waals surface area contributed by atoms with Crippen molar-refractivity contribution in [1.29, 1.82) is 0 Å². The Kier molecular flexibility index (Phi) is 5.78. The molecule has 7 nitrogen and oxygen atoms in total. The number of rotatable bonds is 6. The van der Waals surface area contributed by atoms with Crippen LogP contribution in [0.5, 0.6) is 0 Å². The van der Waals surface area contributed by atoms with Gasteiger partial charge in [0.15, 0.2) is 5.82 Å². The normalized spacial score (nSPS) is 21.2. The molecule has 3 rings (SSSR count). The molecular formula is C18H24N4O3. The molecule has 1 amide bonds. The molecule has 0 radical (unpaired) electrons. The van der Waals surface area contributed by atoms with Crippen molar-refractivity contribution in [2.75, 3.05) is 13.2 Å². The predicted molar refractivity (Wildman–Crippen MR) is 91.6 cm³/mol. The maximum atomic E-state index is 12.0. The van der Waals surface area contributed by atoms with E-state index in [1.807, 2.05) is 30.3 Å². The minimum Gasteiger partial charge on any atom is -0.376 e. The average Bonchev–Trinajstić information content (AvgIpc) is 3.04. The first-order valence-corrected chi connectivity index (χ1v) is 8.58. The molecule has 25 heavy (non-hydrogen) atoms. The standard InChI is InChI=1S/C18H24N4O3/c1-13-12-24-14(2)10-22(13)11-18-20-16(21-25-18)8-17(23)19-9-15-6-4-3-5-7-15/h3-7,13-14H,8-12H2,1-2H3,(H,19,23)/t13-,14+/m1/s1. The van der Waals surface area contributed by atoms with Crippen LogP contribution in [0.15, 0.2) is 34.9 Å². The lowest BCUT2D eigenvalue weighted by atomic mass is 10.2. The van der Waals surface area contributed by atoms with Gasteiger partial charge >= 0.3 is 0 Å². The first-order chi connectivity index (χ1) is 12.1. The number of amides is 1. The number of morpholine rings is 1. The monoisotopic (exact) mass is 344 g/mol. The van der Waals surface area contributed by atoms with Gasteiger partial charge in [0.25, 0.3) is 0 Å². The van der Waals surface area contributed by atoms with Crippen LogP contribution in [-0.4, -0.2) is 46.2 Å². The summed E-state index contributed by atoms with van der Waals surface area (Å²) in [5, 5.41) is 6.78. The highest BCUT2D eigenvalue weighted by molar-refractivity contribution is 5.77. The van der Waals surface area contributed by atoms with Crippen LogP contribution in [0.25, 0.3) is 0 Å². The van der Waals surface area contributed by atoms with E-state index in [1.54, 1.807) is 0 Å². The molecule has 2 aromatic rings. The lowest BCUT2D eigenvalue weighted by molar-refractivity contribution is -0.120. The smallest absolute Gasteiger partial charge is 0.240 e. The van der Waals surface area contributed by atoms with Gasteiger partial charge in [0.05, 0.1) is 25.7 Å². The largest absolute Gasteiger partial charge is 0.376 e. The van der Waals surface area contributed by atoms with Crippen molar-refractivity contribution in [2.45, 2.75) is 45.5 Å². The van der Waals surface area contributed by atoms with Crippen LogP contribution < -0.4 is 5.32 Å². The van der Waals surface area contributed by atoms with Gasteiger partial charge in [-0.25, -0.2) is 0 Å². The number of nitrogens with zero attached hydrogens (tertiary/aromatic N) is 3. The summed E-state index contributed by atoms with van der Waals surface area (Å²) in [6.07, 6.45) is 0.313. The van der Waals surface area contributed by atoms with Gasteiger partial charge < -0.3 is 14.6 Å². The van der Waals surface area contributed by atoms with Crippen molar-refractivity contribution in [1.82, 2.24) is 20.4 Å². The number of nitrogens with one attached hydrogen (secondary N) is 1. The average molecular weight is 344 g/mol. The Morgan fingerprint density at radius 3 is 2.92 bits per heavy atom. The fourth-order valence-corrected chi connectivity index (χ4v) is 2.79. The highest BCUT2D eigenvalue weighted by Gasteiger charge is 2.25. The summed E-state index contributed by atoms with van der Waals surface area (Å²) in [6.45, 7) is 6.76. The van der Waals surface area contributed by atoms with Gasteiger partial charge in [0, 0.05) is 19.1 Å². The number of benzene rings is 1. The zero-order chi connectivity index (χ0) is 17.6. The maximum Gasteiger partial charge on any atom is 0.240 e. The number of aromatic nitrogens is 2. The van der Waals surface area contributed by atoms with E-state index in [0.29, 0.717) is 37.5 Å². The van der Waals surface area contributed by atoms with E-state index in [1.165, 1.54) is 0 Å². The Morgan fingerprint density at radius 1 is 1.32 bits per heavy atom. The van der Waals surface area contributed by atoms with Crippen LogP contribution >= 0.6 is 0 Å². The van der Waals surface area contributed by atoms with Crippen molar-refractivity contribution in [2.24, 2.45) is 0 Å². The molecule has 1 aliphatic rings. The third-order valence-electron chi connectivity index (χ3n) is 4.24. The van der Waals surface area contributed by atoms with E-state index >= 15 is 0 Å². The number of ether oxygens (including phenoxy) is 1.